The summed E-state index contributed by atoms with van der Waals surface area (Å²) in [4.78, 5) is 2.53. The van der Waals surface area contributed by atoms with Crippen molar-refractivity contribution in [1.29, 1.82) is 0 Å². The molecule has 2 atom stereocenters. The number of ether oxygens (including phenoxy) is 1. The molecule has 0 amide bonds. The van der Waals surface area contributed by atoms with E-state index in [1.165, 1.54) is 6.42 Å². The smallest absolute Gasteiger partial charge is 0.0615 e. The quantitative estimate of drug-likeness (QED) is 0.698. The van der Waals surface area contributed by atoms with Crippen LogP contribution in [0.3, 0.4) is 0 Å². The Morgan fingerprint density at radius 1 is 1.16 bits per heavy atom. The molecule has 19 heavy (non-hydrogen) atoms. The summed E-state index contributed by atoms with van der Waals surface area (Å²) in [5, 5.41) is 3.66. The highest BCUT2D eigenvalue weighted by molar-refractivity contribution is 4.84. The fourth-order valence-corrected chi connectivity index (χ4v) is 2.19. The Bertz CT molecular complexity index is 237. The summed E-state index contributed by atoms with van der Waals surface area (Å²) < 4.78 is 5.29. The fraction of sp³-hybridized carbons (Fsp3) is 1.00. The minimum absolute atomic E-state index is 0.186. The van der Waals surface area contributed by atoms with Gasteiger partial charge < -0.3 is 10.1 Å². The highest BCUT2D eigenvalue weighted by Crippen LogP contribution is 2.23. The van der Waals surface area contributed by atoms with Gasteiger partial charge in [0.15, 0.2) is 0 Å². The lowest BCUT2D eigenvalue weighted by Gasteiger charge is -2.39. The molecule has 0 aromatic rings. The van der Waals surface area contributed by atoms with E-state index < -0.39 is 0 Å². The predicted molar refractivity (Wildman–Crippen MR) is 84.7 cm³/mol. The number of nitrogens with one attached hydrogen (secondary N) is 1. The zero-order chi connectivity index (χ0) is 15.1. The second-order valence-electron chi connectivity index (χ2n) is 7.14. The third kappa shape index (κ3) is 7.91. The molecule has 0 fully saturated rings. The van der Waals surface area contributed by atoms with Crippen molar-refractivity contribution < 1.29 is 4.74 Å². The molecule has 0 aliphatic carbocycles. The van der Waals surface area contributed by atoms with E-state index in [1.54, 1.807) is 7.11 Å². The second-order valence-corrected chi connectivity index (χ2v) is 7.14. The lowest BCUT2D eigenvalue weighted by atomic mass is 9.85. The first kappa shape index (κ1) is 18.9. The van der Waals surface area contributed by atoms with Gasteiger partial charge in [-0.05, 0) is 46.1 Å². The van der Waals surface area contributed by atoms with E-state index in [4.69, 9.17) is 4.74 Å². The Hall–Kier alpha value is -0.120. The maximum Gasteiger partial charge on any atom is 0.0615 e. The Morgan fingerprint density at radius 2 is 1.74 bits per heavy atom. The van der Waals surface area contributed by atoms with E-state index in [-0.39, 0.29) is 5.54 Å². The van der Waals surface area contributed by atoms with Crippen LogP contribution in [0.5, 0.6) is 0 Å². The van der Waals surface area contributed by atoms with Gasteiger partial charge in [-0.2, -0.15) is 0 Å². The lowest BCUT2D eigenvalue weighted by molar-refractivity contribution is 0.0670. The van der Waals surface area contributed by atoms with Crippen LogP contribution in [-0.4, -0.2) is 49.8 Å². The molecular weight excluding hydrogens is 236 g/mol. The van der Waals surface area contributed by atoms with Crippen molar-refractivity contribution >= 4 is 0 Å². The zero-order valence-corrected chi connectivity index (χ0v) is 14.5. The van der Waals surface area contributed by atoms with Gasteiger partial charge in [-0.3, -0.25) is 4.90 Å². The van der Waals surface area contributed by atoms with Crippen LogP contribution in [0.15, 0.2) is 0 Å². The molecule has 0 aromatic heterocycles. The number of methoxy groups -OCH3 is 1. The highest BCUT2D eigenvalue weighted by Gasteiger charge is 2.28. The van der Waals surface area contributed by atoms with E-state index in [1.807, 2.05) is 0 Å². The number of rotatable bonds is 9. The molecule has 0 aliphatic heterocycles. The zero-order valence-electron chi connectivity index (χ0n) is 14.5. The lowest BCUT2D eigenvalue weighted by Crippen LogP contribution is -2.49. The van der Waals surface area contributed by atoms with Crippen molar-refractivity contribution in [3.05, 3.63) is 0 Å². The summed E-state index contributed by atoms with van der Waals surface area (Å²) in [6.45, 7) is 19.9. The molecule has 0 bridgehead atoms. The molecule has 116 valence electrons. The average molecular weight is 272 g/mol. The van der Waals surface area contributed by atoms with E-state index in [0.29, 0.717) is 11.5 Å². The Kier molecular flexibility index (Phi) is 8.18. The molecule has 0 rings (SSSR count). The summed E-state index contributed by atoms with van der Waals surface area (Å²) in [6.07, 6.45) is 1.19. The van der Waals surface area contributed by atoms with E-state index >= 15 is 0 Å². The number of likely N-dealkylation sites (N-methyl/N-ethyl adjacent to an activating group) is 1. The number of hydrogen-bond donors (Lipinski definition) is 1. The molecule has 0 aliphatic rings. The van der Waals surface area contributed by atoms with Gasteiger partial charge in [-0.15, -0.1) is 0 Å². The van der Waals surface area contributed by atoms with Crippen molar-refractivity contribution in [3.63, 3.8) is 0 Å². The van der Waals surface area contributed by atoms with Gasteiger partial charge >= 0.3 is 0 Å². The molecule has 0 saturated carbocycles. The van der Waals surface area contributed by atoms with Gasteiger partial charge in [0, 0.05) is 31.8 Å². The summed E-state index contributed by atoms with van der Waals surface area (Å²) in [5.74, 6) is 0. The van der Waals surface area contributed by atoms with Gasteiger partial charge in [-0.1, -0.05) is 20.8 Å². The first-order valence-electron chi connectivity index (χ1n) is 7.65. The van der Waals surface area contributed by atoms with Crippen LogP contribution >= 0.6 is 0 Å². The first-order chi connectivity index (χ1) is 8.67. The summed E-state index contributed by atoms with van der Waals surface area (Å²) >= 11 is 0. The van der Waals surface area contributed by atoms with Crippen LogP contribution < -0.4 is 5.32 Å². The highest BCUT2D eigenvalue weighted by atomic mass is 16.5. The average Bonchev–Trinajstić information content (AvgIpc) is 2.33. The van der Waals surface area contributed by atoms with Gasteiger partial charge in [0.1, 0.15) is 0 Å². The fourth-order valence-electron chi connectivity index (χ4n) is 2.19. The SMILES string of the molecule is CCN(CC(C)(CC)CNC(C)(C)C)C(C)COC. The molecular formula is C16H36N2O. The number of nitrogens with zero attached hydrogens (tertiary/aromatic N) is 1. The topological polar surface area (TPSA) is 24.5 Å². The van der Waals surface area contributed by atoms with Crippen molar-refractivity contribution in [3.8, 4) is 0 Å². The number of hydrogen-bond acceptors (Lipinski definition) is 3. The van der Waals surface area contributed by atoms with Crippen LogP contribution in [0.1, 0.15) is 54.9 Å². The van der Waals surface area contributed by atoms with Gasteiger partial charge in [0.05, 0.1) is 6.61 Å². The minimum Gasteiger partial charge on any atom is -0.383 e. The molecule has 0 spiro atoms. The van der Waals surface area contributed by atoms with Crippen molar-refractivity contribution in [2.24, 2.45) is 5.41 Å². The second kappa shape index (κ2) is 8.23. The van der Waals surface area contributed by atoms with Crippen LogP contribution in [-0.2, 0) is 4.74 Å². The Labute approximate surface area is 121 Å². The van der Waals surface area contributed by atoms with Crippen molar-refractivity contribution in [1.82, 2.24) is 10.2 Å². The van der Waals surface area contributed by atoms with Crippen LogP contribution in [0.25, 0.3) is 0 Å². The Balaban J connectivity index is 4.56. The molecule has 1 N–H and O–H groups in total. The Morgan fingerprint density at radius 3 is 2.11 bits per heavy atom. The third-order valence-electron chi connectivity index (χ3n) is 3.92. The molecule has 0 heterocycles. The van der Waals surface area contributed by atoms with Crippen molar-refractivity contribution in [2.45, 2.75) is 66.5 Å². The summed E-state index contributed by atoms with van der Waals surface area (Å²) in [5.41, 5.74) is 0.497. The van der Waals surface area contributed by atoms with Gasteiger partial charge in [0.25, 0.3) is 0 Å². The van der Waals surface area contributed by atoms with E-state index in [0.717, 1.165) is 26.2 Å². The van der Waals surface area contributed by atoms with Gasteiger partial charge in [-0.25, -0.2) is 0 Å². The maximum atomic E-state index is 5.29. The molecule has 3 nitrogen and oxygen atoms in total. The van der Waals surface area contributed by atoms with Crippen LogP contribution in [0, 0.1) is 5.41 Å². The molecule has 0 saturated heterocycles. The van der Waals surface area contributed by atoms with Crippen molar-refractivity contribution in [2.75, 3.05) is 33.4 Å². The standard InChI is InChI=1S/C16H36N2O/c1-9-16(7,12-17-15(4,5)6)13-18(10-2)14(3)11-19-8/h14,17H,9-13H2,1-8H3. The van der Waals surface area contributed by atoms with E-state index in [2.05, 4.69) is 58.7 Å². The molecule has 2 unspecified atom stereocenters. The summed E-state index contributed by atoms with van der Waals surface area (Å²) in [7, 11) is 1.78. The molecule has 0 radical (unpaired) electrons. The summed E-state index contributed by atoms with van der Waals surface area (Å²) in [6, 6.07) is 0.482. The van der Waals surface area contributed by atoms with Crippen LogP contribution in [0.4, 0.5) is 0 Å². The predicted octanol–water partition coefficient (Wildman–Crippen LogP) is 3.15. The normalized spacial score (nSPS) is 17.5. The third-order valence-corrected chi connectivity index (χ3v) is 3.92. The molecule has 0 aromatic carbocycles. The minimum atomic E-state index is 0.186. The van der Waals surface area contributed by atoms with Gasteiger partial charge in [0.2, 0.25) is 0 Å². The molecule has 3 heteroatoms. The monoisotopic (exact) mass is 272 g/mol. The first-order valence-corrected chi connectivity index (χ1v) is 7.65. The maximum absolute atomic E-state index is 5.29. The largest absolute Gasteiger partial charge is 0.383 e. The van der Waals surface area contributed by atoms with E-state index in [9.17, 15) is 0 Å². The van der Waals surface area contributed by atoms with Crippen LogP contribution in [0.2, 0.25) is 0 Å².